The molecule has 3 heterocycles. The summed E-state index contributed by atoms with van der Waals surface area (Å²) in [6.45, 7) is 3.47. The van der Waals surface area contributed by atoms with Crippen molar-refractivity contribution in [1.29, 1.82) is 0 Å². The number of rotatable bonds is 3. The van der Waals surface area contributed by atoms with Gasteiger partial charge in [-0.05, 0) is 25.1 Å². The fraction of sp³-hybridized carbons (Fsp3) is 0.250. The second-order valence-electron chi connectivity index (χ2n) is 6.60. The Morgan fingerprint density at radius 3 is 2.36 bits per heavy atom. The molecule has 1 saturated heterocycles. The Balaban J connectivity index is 1.46. The first kappa shape index (κ1) is 18.0. The van der Waals surface area contributed by atoms with E-state index in [-0.39, 0.29) is 11.8 Å². The van der Waals surface area contributed by atoms with Gasteiger partial charge in [-0.1, -0.05) is 12.1 Å². The van der Waals surface area contributed by atoms with Gasteiger partial charge in [0.25, 0.3) is 11.8 Å². The number of piperazine rings is 1. The quantitative estimate of drug-likeness (QED) is 0.698. The van der Waals surface area contributed by atoms with E-state index in [1.165, 1.54) is 29.5 Å². The highest BCUT2D eigenvalue weighted by Crippen LogP contribution is 2.19. The van der Waals surface area contributed by atoms with Crippen molar-refractivity contribution in [2.45, 2.75) is 6.92 Å². The van der Waals surface area contributed by atoms with Crippen LogP contribution in [0.15, 0.2) is 53.5 Å². The monoisotopic (exact) mass is 382 g/mol. The van der Waals surface area contributed by atoms with Gasteiger partial charge >= 0.3 is 0 Å². The van der Waals surface area contributed by atoms with Crippen molar-refractivity contribution < 1.29 is 18.4 Å². The van der Waals surface area contributed by atoms with E-state index in [0.717, 1.165) is 0 Å². The molecule has 1 aliphatic rings. The maximum absolute atomic E-state index is 14.1. The second-order valence-corrected chi connectivity index (χ2v) is 6.60. The van der Waals surface area contributed by atoms with Gasteiger partial charge < -0.3 is 14.2 Å². The summed E-state index contributed by atoms with van der Waals surface area (Å²) in [7, 11) is 0. The Bertz CT molecular complexity index is 1000. The van der Waals surface area contributed by atoms with Crippen LogP contribution in [0.1, 0.15) is 26.4 Å². The summed E-state index contributed by atoms with van der Waals surface area (Å²) in [6, 6.07) is 7.92. The molecule has 0 N–H and O–H groups in total. The van der Waals surface area contributed by atoms with E-state index >= 15 is 0 Å². The molecule has 7 nitrogen and oxygen atoms in total. The summed E-state index contributed by atoms with van der Waals surface area (Å²) in [5, 5.41) is 4.19. The first-order chi connectivity index (χ1) is 13.6. The number of benzene rings is 1. The summed E-state index contributed by atoms with van der Waals surface area (Å²) in [5.41, 5.74) is 1.81. The minimum atomic E-state index is -0.404. The van der Waals surface area contributed by atoms with E-state index in [0.29, 0.717) is 48.7 Å². The van der Waals surface area contributed by atoms with Crippen molar-refractivity contribution in [3.05, 3.63) is 71.7 Å². The SMILES string of the molecule is Cc1c(C(=O)N2CCN(C(=O)c3ccoc3)CC2)cnn1-c1ccccc1F. The minimum absolute atomic E-state index is 0.107. The molecule has 0 saturated carbocycles. The highest BCUT2D eigenvalue weighted by molar-refractivity contribution is 5.96. The number of amides is 2. The first-order valence-electron chi connectivity index (χ1n) is 8.96. The van der Waals surface area contributed by atoms with E-state index in [1.807, 2.05) is 0 Å². The van der Waals surface area contributed by atoms with Crippen LogP contribution >= 0.6 is 0 Å². The molecule has 0 aliphatic carbocycles. The molecule has 0 unspecified atom stereocenters. The van der Waals surface area contributed by atoms with E-state index in [1.54, 1.807) is 41.0 Å². The van der Waals surface area contributed by atoms with E-state index in [2.05, 4.69) is 5.10 Å². The van der Waals surface area contributed by atoms with Crippen molar-refractivity contribution in [1.82, 2.24) is 19.6 Å². The number of nitrogens with zero attached hydrogens (tertiary/aromatic N) is 4. The second kappa shape index (κ2) is 7.30. The van der Waals surface area contributed by atoms with Crippen LogP contribution in [-0.4, -0.2) is 57.6 Å². The molecule has 0 radical (unpaired) electrons. The van der Waals surface area contributed by atoms with Crippen molar-refractivity contribution in [3.8, 4) is 5.69 Å². The molecular formula is C20H19FN4O3. The number of hydrogen-bond donors (Lipinski definition) is 0. The molecule has 28 heavy (non-hydrogen) atoms. The smallest absolute Gasteiger partial charge is 0.257 e. The van der Waals surface area contributed by atoms with E-state index in [4.69, 9.17) is 4.42 Å². The van der Waals surface area contributed by atoms with Crippen molar-refractivity contribution in [3.63, 3.8) is 0 Å². The number of carbonyl (C=O) groups is 2. The topological polar surface area (TPSA) is 71.6 Å². The molecule has 2 aromatic heterocycles. The van der Waals surface area contributed by atoms with Crippen LogP contribution in [0, 0.1) is 12.7 Å². The number of carbonyl (C=O) groups excluding carboxylic acids is 2. The van der Waals surface area contributed by atoms with Crippen LogP contribution < -0.4 is 0 Å². The molecule has 4 rings (SSSR count). The lowest BCUT2D eigenvalue weighted by Crippen LogP contribution is -2.50. The number of halogens is 1. The van der Waals surface area contributed by atoms with Gasteiger partial charge in [0, 0.05) is 26.2 Å². The third-order valence-electron chi connectivity index (χ3n) is 4.94. The summed E-state index contributed by atoms with van der Waals surface area (Å²) < 4.78 is 20.4. The zero-order valence-electron chi connectivity index (χ0n) is 15.3. The predicted molar refractivity (Wildman–Crippen MR) is 98.8 cm³/mol. The Morgan fingerprint density at radius 2 is 1.71 bits per heavy atom. The average molecular weight is 382 g/mol. The summed E-state index contributed by atoms with van der Waals surface area (Å²) in [5.74, 6) is -0.682. The molecule has 144 valence electrons. The molecular weight excluding hydrogens is 363 g/mol. The highest BCUT2D eigenvalue weighted by Gasteiger charge is 2.28. The lowest BCUT2D eigenvalue weighted by molar-refractivity contribution is 0.0534. The lowest BCUT2D eigenvalue weighted by Gasteiger charge is -2.34. The molecule has 1 aliphatic heterocycles. The first-order valence-corrected chi connectivity index (χ1v) is 8.96. The summed E-state index contributed by atoms with van der Waals surface area (Å²) in [6.07, 6.45) is 4.34. The standard InChI is InChI=1S/C20H19FN4O3/c1-14-16(12-22-25(14)18-5-3-2-4-17(18)21)20(27)24-9-7-23(8-10-24)19(26)15-6-11-28-13-15/h2-6,11-13H,7-10H2,1H3. The lowest BCUT2D eigenvalue weighted by atomic mass is 10.2. The molecule has 1 fully saturated rings. The van der Waals surface area contributed by atoms with Gasteiger partial charge in [-0.3, -0.25) is 9.59 Å². The largest absolute Gasteiger partial charge is 0.472 e. The van der Waals surface area contributed by atoms with Gasteiger partial charge in [0.05, 0.1) is 29.3 Å². The number of furan rings is 1. The third-order valence-corrected chi connectivity index (χ3v) is 4.94. The van der Waals surface area contributed by atoms with E-state index in [9.17, 15) is 14.0 Å². The molecule has 0 atom stereocenters. The average Bonchev–Trinajstić information content (AvgIpc) is 3.38. The van der Waals surface area contributed by atoms with Gasteiger partial charge in [-0.2, -0.15) is 5.10 Å². The van der Waals surface area contributed by atoms with Crippen molar-refractivity contribution >= 4 is 11.8 Å². The van der Waals surface area contributed by atoms with Gasteiger partial charge in [0.15, 0.2) is 0 Å². The number of para-hydroxylation sites is 1. The Hall–Kier alpha value is -3.42. The minimum Gasteiger partial charge on any atom is -0.472 e. The maximum Gasteiger partial charge on any atom is 0.257 e. The van der Waals surface area contributed by atoms with E-state index < -0.39 is 5.82 Å². The Kier molecular flexibility index (Phi) is 4.68. The molecule has 0 spiro atoms. The normalized spacial score (nSPS) is 14.4. The fourth-order valence-electron chi connectivity index (χ4n) is 3.34. The Labute approximate surface area is 161 Å². The number of hydrogen-bond acceptors (Lipinski definition) is 4. The molecule has 3 aromatic rings. The highest BCUT2D eigenvalue weighted by atomic mass is 19.1. The van der Waals surface area contributed by atoms with Crippen LogP contribution in [-0.2, 0) is 0 Å². The predicted octanol–water partition coefficient (Wildman–Crippen LogP) is 2.51. The van der Waals surface area contributed by atoms with Gasteiger partial charge in [0.1, 0.15) is 17.8 Å². The maximum atomic E-state index is 14.1. The fourth-order valence-corrected chi connectivity index (χ4v) is 3.34. The van der Waals surface area contributed by atoms with Gasteiger partial charge in [-0.25, -0.2) is 9.07 Å². The van der Waals surface area contributed by atoms with Crippen molar-refractivity contribution in [2.24, 2.45) is 0 Å². The zero-order valence-corrected chi connectivity index (χ0v) is 15.3. The summed E-state index contributed by atoms with van der Waals surface area (Å²) in [4.78, 5) is 28.7. The van der Waals surface area contributed by atoms with Crippen LogP contribution in [0.2, 0.25) is 0 Å². The molecule has 1 aromatic carbocycles. The number of aromatic nitrogens is 2. The van der Waals surface area contributed by atoms with Gasteiger partial charge in [0.2, 0.25) is 0 Å². The van der Waals surface area contributed by atoms with Crippen LogP contribution in [0.3, 0.4) is 0 Å². The third kappa shape index (κ3) is 3.17. The van der Waals surface area contributed by atoms with Crippen LogP contribution in [0.25, 0.3) is 5.69 Å². The summed E-state index contributed by atoms with van der Waals surface area (Å²) >= 11 is 0. The molecule has 0 bridgehead atoms. The van der Waals surface area contributed by atoms with Crippen molar-refractivity contribution in [2.75, 3.05) is 26.2 Å². The molecule has 8 heteroatoms. The van der Waals surface area contributed by atoms with Crippen LogP contribution in [0.4, 0.5) is 4.39 Å². The van der Waals surface area contributed by atoms with Crippen LogP contribution in [0.5, 0.6) is 0 Å². The molecule has 2 amide bonds. The zero-order chi connectivity index (χ0) is 19.7. The Morgan fingerprint density at radius 1 is 1.04 bits per heavy atom. The van der Waals surface area contributed by atoms with Gasteiger partial charge in [-0.15, -0.1) is 0 Å².